The highest BCUT2D eigenvalue weighted by atomic mass is 35.5. The van der Waals surface area contributed by atoms with Crippen LogP contribution < -0.4 is 5.32 Å². The number of hydrogen-bond acceptors (Lipinski definition) is 3. The van der Waals surface area contributed by atoms with Gasteiger partial charge in [0.05, 0.1) is 21.9 Å². The van der Waals surface area contributed by atoms with E-state index in [0.717, 1.165) is 0 Å². The molecule has 0 aliphatic rings. The zero-order valence-electron chi connectivity index (χ0n) is 10.0. The van der Waals surface area contributed by atoms with E-state index in [1.54, 1.807) is 36.7 Å². The second-order valence-electron chi connectivity index (χ2n) is 4.00. The van der Waals surface area contributed by atoms with Gasteiger partial charge in [-0.2, -0.15) is 5.10 Å². The molecule has 0 aliphatic carbocycles. The number of carbonyl (C=O) groups excluding carboxylic acids is 1. The first-order valence-electron chi connectivity index (χ1n) is 5.70. The lowest BCUT2D eigenvalue weighted by Crippen LogP contribution is -2.12. The van der Waals surface area contributed by atoms with Crippen LogP contribution in [0.15, 0.2) is 42.9 Å². The van der Waals surface area contributed by atoms with Crippen molar-refractivity contribution in [3.8, 4) is 0 Å². The van der Waals surface area contributed by atoms with Crippen LogP contribution in [0, 0.1) is 0 Å². The first-order valence-corrected chi connectivity index (χ1v) is 6.46. The molecule has 1 aromatic carbocycles. The Morgan fingerprint density at radius 3 is 2.95 bits per heavy atom. The molecule has 0 saturated heterocycles. The van der Waals surface area contributed by atoms with Crippen molar-refractivity contribution in [1.82, 2.24) is 14.6 Å². The number of nitrogens with one attached hydrogen (secondary N) is 1. The van der Waals surface area contributed by atoms with Crippen LogP contribution in [-0.2, 0) is 0 Å². The number of aromatic nitrogens is 3. The van der Waals surface area contributed by atoms with Crippen molar-refractivity contribution in [2.75, 3.05) is 5.32 Å². The Balaban J connectivity index is 1.95. The van der Waals surface area contributed by atoms with Crippen molar-refractivity contribution in [2.45, 2.75) is 0 Å². The average Bonchev–Trinajstić information content (AvgIpc) is 2.88. The Morgan fingerprint density at radius 2 is 2.10 bits per heavy atom. The molecule has 2 heterocycles. The molecule has 0 bridgehead atoms. The van der Waals surface area contributed by atoms with Gasteiger partial charge in [0, 0.05) is 12.4 Å². The molecule has 5 nitrogen and oxygen atoms in total. The minimum Gasteiger partial charge on any atom is -0.320 e. The van der Waals surface area contributed by atoms with Crippen molar-refractivity contribution in [1.29, 1.82) is 0 Å². The van der Waals surface area contributed by atoms with Crippen molar-refractivity contribution in [3.05, 3.63) is 58.5 Å². The molecule has 100 valence electrons. The van der Waals surface area contributed by atoms with Gasteiger partial charge in [0.2, 0.25) is 0 Å². The summed E-state index contributed by atoms with van der Waals surface area (Å²) < 4.78 is 1.52. The monoisotopic (exact) mass is 306 g/mol. The number of hydrogen-bond donors (Lipinski definition) is 1. The van der Waals surface area contributed by atoms with Gasteiger partial charge in [-0.3, -0.25) is 4.79 Å². The van der Waals surface area contributed by atoms with Crippen molar-refractivity contribution in [3.63, 3.8) is 0 Å². The van der Waals surface area contributed by atoms with Gasteiger partial charge in [0.1, 0.15) is 5.56 Å². The fourth-order valence-corrected chi connectivity index (χ4v) is 2.13. The Hall–Kier alpha value is -2.11. The smallest absolute Gasteiger partial charge is 0.261 e. The maximum atomic E-state index is 12.2. The molecule has 0 fully saturated rings. The molecule has 1 N–H and O–H groups in total. The Morgan fingerprint density at radius 1 is 1.25 bits per heavy atom. The van der Waals surface area contributed by atoms with Crippen LogP contribution in [0.25, 0.3) is 5.65 Å². The molecule has 0 aliphatic heterocycles. The van der Waals surface area contributed by atoms with E-state index in [0.29, 0.717) is 26.9 Å². The minimum absolute atomic E-state index is 0.298. The third-order valence-electron chi connectivity index (χ3n) is 2.72. The Bertz CT molecular complexity index is 800. The van der Waals surface area contributed by atoms with E-state index in [4.69, 9.17) is 23.2 Å². The molecule has 0 spiro atoms. The van der Waals surface area contributed by atoms with Gasteiger partial charge >= 0.3 is 0 Å². The van der Waals surface area contributed by atoms with Gasteiger partial charge in [-0.15, -0.1) is 0 Å². The van der Waals surface area contributed by atoms with Gasteiger partial charge < -0.3 is 5.32 Å². The van der Waals surface area contributed by atoms with E-state index in [1.807, 2.05) is 0 Å². The first-order chi connectivity index (χ1) is 9.66. The van der Waals surface area contributed by atoms with Crippen LogP contribution in [0.5, 0.6) is 0 Å². The summed E-state index contributed by atoms with van der Waals surface area (Å²) in [5, 5.41) is 7.43. The number of carbonyl (C=O) groups is 1. The van der Waals surface area contributed by atoms with Gasteiger partial charge in [-0.05, 0) is 18.2 Å². The summed E-state index contributed by atoms with van der Waals surface area (Å²) in [6.07, 6.45) is 4.77. The summed E-state index contributed by atoms with van der Waals surface area (Å²) in [6.45, 7) is 0. The maximum Gasteiger partial charge on any atom is 0.261 e. The summed E-state index contributed by atoms with van der Waals surface area (Å²) in [5.74, 6) is -0.345. The van der Waals surface area contributed by atoms with Crippen molar-refractivity contribution >= 4 is 40.4 Å². The number of anilines is 1. The van der Waals surface area contributed by atoms with Crippen LogP contribution >= 0.6 is 23.2 Å². The molecule has 0 radical (unpaired) electrons. The van der Waals surface area contributed by atoms with Gasteiger partial charge in [-0.1, -0.05) is 29.3 Å². The van der Waals surface area contributed by atoms with E-state index in [9.17, 15) is 4.79 Å². The fraction of sp³-hybridized carbons (Fsp3) is 0. The SMILES string of the molecule is O=C(Nc1cccc(Cl)c1Cl)c1cnn2cccnc12. The molecule has 0 atom stereocenters. The number of rotatable bonds is 2. The lowest BCUT2D eigenvalue weighted by Gasteiger charge is -2.07. The molecule has 0 unspecified atom stereocenters. The summed E-state index contributed by atoms with van der Waals surface area (Å²) in [7, 11) is 0. The standard InChI is InChI=1S/C13H8Cl2N4O/c14-9-3-1-4-10(11(9)15)18-13(20)8-7-17-19-6-2-5-16-12(8)19/h1-7H,(H,18,20). The largest absolute Gasteiger partial charge is 0.320 e. The molecule has 3 rings (SSSR count). The molecule has 0 saturated carbocycles. The first kappa shape index (κ1) is 12.9. The van der Waals surface area contributed by atoms with E-state index in [-0.39, 0.29) is 5.91 Å². The second-order valence-corrected chi connectivity index (χ2v) is 4.79. The van der Waals surface area contributed by atoms with Gasteiger partial charge in [0.15, 0.2) is 5.65 Å². The zero-order valence-corrected chi connectivity index (χ0v) is 11.6. The highest BCUT2D eigenvalue weighted by Crippen LogP contribution is 2.29. The van der Waals surface area contributed by atoms with Crippen LogP contribution in [0.4, 0.5) is 5.69 Å². The van der Waals surface area contributed by atoms with E-state index < -0.39 is 0 Å². The normalized spacial score (nSPS) is 10.7. The van der Waals surface area contributed by atoms with E-state index >= 15 is 0 Å². The van der Waals surface area contributed by atoms with Crippen LogP contribution in [0.3, 0.4) is 0 Å². The number of fused-ring (bicyclic) bond motifs is 1. The highest BCUT2D eigenvalue weighted by Gasteiger charge is 2.15. The molecular formula is C13H8Cl2N4O. The third kappa shape index (κ3) is 2.21. The summed E-state index contributed by atoms with van der Waals surface area (Å²) >= 11 is 11.9. The fourth-order valence-electron chi connectivity index (χ4n) is 1.78. The quantitative estimate of drug-likeness (QED) is 0.790. The van der Waals surface area contributed by atoms with Gasteiger partial charge in [0.25, 0.3) is 5.91 Å². The minimum atomic E-state index is -0.345. The zero-order chi connectivity index (χ0) is 14.1. The summed E-state index contributed by atoms with van der Waals surface area (Å²) in [6, 6.07) is 6.76. The lowest BCUT2D eigenvalue weighted by molar-refractivity contribution is 0.102. The van der Waals surface area contributed by atoms with E-state index in [2.05, 4.69) is 15.4 Å². The van der Waals surface area contributed by atoms with Crippen LogP contribution in [0.1, 0.15) is 10.4 Å². The summed E-state index contributed by atoms with van der Waals surface area (Å²) in [4.78, 5) is 16.4. The van der Waals surface area contributed by atoms with Crippen molar-refractivity contribution < 1.29 is 4.79 Å². The predicted octanol–water partition coefficient (Wildman–Crippen LogP) is 3.29. The highest BCUT2D eigenvalue weighted by molar-refractivity contribution is 6.44. The predicted molar refractivity (Wildman–Crippen MR) is 77.4 cm³/mol. The van der Waals surface area contributed by atoms with Crippen molar-refractivity contribution in [2.24, 2.45) is 0 Å². The van der Waals surface area contributed by atoms with Crippen LogP contribution in [0.2, 0.25) is 10.0 Å². The molecule has 7 heteroatoms. The van der Waals surface area contributed by atoms with Crippen LogP contribution in [-0.4, -0.2) is 20.5 Å². The Kier molecular flexibility index (Phi) is 3.30. The number of halogens is 2. The topological polar surface area (TPSA) is 59.3 Å². The Labute approximate surface area is 124 Å². The third-order valence-corrected chi connectivity index (χ3v) is 3.54. The number of benzene rings is 1. The molecule has 1 amide bonds. The molecular weight excluding hydrogens is 299 g/mol. The molecule has 20 heavy (non-hydrogen) atoms. The number of nitrogens with zero attached hydrogens (tertiary/aromatic N) is 3. The number of amides is 1. The average molecular weight is 307 g/mol. The lowest BCUT2D eigenvalue weighted by atomic mass is 10.2. The molecule has 2 aromatic heterocycles. The van der Waals surface area contributed by atoms with E-state index in [1.165, 1.54) is 10.7 Å². The second kappa shape index (κ2) is 5.11. The maximum absolute atomic E-state index is 12.2. The summed E-state index contributed by atoms with van der Waals surface area (Å²) in [5.41, 5.74) is 1.28. The molecule has 3 aromatic rings. The van der Waals surface area contributed by atoms with Gasteiger partial charge in [-0.25, -0.2) is 9.50 Å².